The van der Waals surface area contributed by atoms with Gasteiger partial charge in [0.25, 0.3) is 0 Å². The Morgan fingerprint density at radius 2 is 1.18 bits per heavy atom. The van der Waals surface area contributed by atoms with Gasteiger partial charge in [0.15, 0.2) is 0 Å². The van der Waals surface area contributed by atoms with Gasteiger partial charge in [-0.3, -0.25) is 9.80 Å². The lowest BCUT2D eigenvalue weighted by atomic mass is 10.0. The summed E-state index contributed by atoms with van der Waals surface area (Å²) in [5, 5.41) is 3.61. The van der Waals surface area contributed by atoms with Gasteiger partial charge >= 0.3 is 18.3 Å². The van der Waals surface area contributed by atoms with E-state index in [1.165, 1.54) is 0 Å². The number of ether oxygens (including phenoxy) is 3. The largest absolute Gasteiger partial charge is 0.445 e. The topological polar surface area (TPSA) is 167 Å². The van der Waals surface area contributed by atoms with Gasteiger partial charge in [-0.2, -0.15) is 0 Å². The van der Waals surface area contributed by atoms with E-state index in [0.29, 0.717) is 70.3 Å². The van der Waals surface area contributed by atoms with E-state index in [1.54, 1.807) is 14.7 Å². The van der Waals surface area contributed by atoms with Crippen molar-refractivity contribution in [3.8, 4) is 0 Å². The number of hydrogen-bond donors (Lipinski definition) is 1. The predicted octanol–water partition coefficient (Wildman–Crippen LogP) is 7.11. The van der Waals surface area contributed by atoms with Gasteiger partial charge in [-0.25, -0.2) is 47.5 Å². The number of nitrogens with one attached hydrogen (secondary N) is 1. The average Bonchev–Trinajstić information content (AvgIpc) is 3.32. The molecule has 2 aromatic heterocycles. The summed E-state index contributed by atoms with van der Waals surface area (Å²) < 4.78 is 16.6. The van der Waals surface area contributed by atoms with E-state index in [1.807, 2.05) is 86.3 Å². The number of halogens is 3. The molecule has 2 aromatic carbocycles. The first-order valence-corrected chi connectivity index (χ1v) is 23.0. The summed E-state index contributed by atoms with van der Waals surface area (Å²) in [7, 11) is 0. The lowest BCUT2D eigenvalue weighted by Gasteiger charge is -2.40. The fourth-order valence-corrected chi connectivity index (χ4v) is 8.76. The Morgan fingerprint density at radius 3 is 1.66 bits per heavy atom. The fourth-order valence-electron chi connectivity index (χ4n) is 8.40. The van der Waals surface area contributed by atoms with Gasteiger partial charge in [0.2, 0.25) is 23.7 Å². The second kappa shape index (κ2) is 23.7. The molecule has 4 aliphatic rings. The molecule has 1 N–H and O–H groups in total. The average molecular weight is 990 g/mol. The summed E-state index contributed by atoms with van der Waals surface area (Å²) >= 11 is 12.5. The smallest absolute Gasteiger partial charge is 0.410 e. The summed E-state index contributed by atoms with van der Waals surface area (Å²) in [6.07, 6.45) is 0.156. The molecule has 0 spiro atoms. The van der Waals surface area contributed by atoms with Gasteiger partial charge in [-0.05, 0) is 74.5 Å². The van der Waals surface area contributed by atoms with Gasteiger partial charge in [-0.1, -0.05) is 60.7 Å². The molecule has 8 rings (SSSR count). The summed E-state index contributed by atoms with van der Waals surface area (Å²) in [4.78, 5) is 72.1. The molecule has 0 saturated carbocycles. The number of carbonyl (C=O) groups is 3. The van der Waals surface area contributed by atoms with E-state index in [9.17, 15) is 14.4 Å². The van der Waals surface area contributed by atoms with Crippen LogP contribution < -0.4 is 15.1 Å². The van der Waals surface area contributed by atoms with Crippen LogP contribution in [0, 0.1) is 13.1 Å². The minimum atomic E-state index is -0.592. The van der Waals surface area contributed by atoms with E-state index in [4.69, 9.17) is 50.6 Å². The molecule has 0 unspecified atom stereocenters. The standard InChI is InChI=1S/C26H31ClN6O4.C21H23ClN6O2.ClH/c1-26(2,3)37-24(34)32-11-10-20-21(16-32)29-23(27)30-22(20)31-12-13-33(19(15-31)14-28-4)25(35)36-17-18-8-6-5-7-9-18;1-23-11-16-13-27(19-17-7-8-24-12-18(17)25-20(22)26-19)9-10-28(16)21(29)30-14-15-5-3-2-4-6-15;/h5-9,19H,10-17H2,1-3H3;2-6,16,24H,7-14H2;1H/t19-;16-;/m00./s1. The van der Waals surface area contributed by atoms with Crippen molar-refractivity contribution in [1.29, 1.82) is 0 Å². The van der Waals surface area contributed by atoms with Crippen LogP contribution in [0.3, 0.4) is 0 Å². The number of nitrogens with zero attached hydrogens (tertiary/aromatic N) is 11. The number of fused-ring (bicyclic) bond motifs is 2. The Balaban J connectivity index is 0.000000225. The van der Waals surface area contributed by atoms with Crippen LogP contribution in [-0.4, -0.2) is 136 Å². The van der Waals surface area contributed by atoms with Crippen molar-refractivity contribution in [2.24, 2.45) is 0 Å². The third-order valence-corrected chi connectivity index (χ3v) is 11.9. The van der Waals surface area contributed by atoms with Crippen molar-refractivity contribution in [1.82, 2.24) is 40.0 Å². The summed E-state index contributed by atoms with van der Waals surface area (Å²) in [5.41, 5.74) is 4.86. The first kappa shape index (κ1) is 51.2. The maximum atomic E-state index is 12.9. The van der Waals surface area contributed by atoms with Crippen LogP contribution in [-0.2, 0) is 53.4 Å². The van der Waals surface area contributed by atoms with Gasteiger partial charge in [0, 0.05) is 63.5 Å². The molecule has 4 aliphatic heterocycles. The second-order valence-corrected chi connectivity index (χ2v) is 18.1. The molecule has 0 bridgehead atoms. The van der Waals surface area contributed by atoms with Crippen molar-refractivity contribution in [3.05, 3.63) is 128 Å². The molecule has 21 heteroatoms. The molecule has 360 valence electrons. The van der Waals surface area contributed by atoms with E-state index < -0.39 is 17.8 Å². The minimum absolute atomic E-state index is 0. The highest BCUT2D eigenvalue weighted by atomic mass is 35.5. The lowest BCUT2D eigenvalue weighted by molar-refractivity contribution is 0.0220. The van der Waals surface area contributed by atoms with Crippen molar-refractivity contribution in [3.63, 3.8) is 0 Å². The summed E-state index contributed by atoms with van der Waals surface area (Å²) in [6, 6.07) is 18.4. The highest BCUT2D eigenvalue weighted by Gasteiger charge is 2.38. The Hall–Kier alpha value is -6.18. The van der Waals surface area contributed by atoms with Crippen molar-refractivity contribution >= 4 is 65.5 Å². The van der Waals surface area contributed by atoms with Crippen LogP contribution in [0.2, 0.25) is 10.6 Å². The van der Waals surface area contributed by atoms with Crippen LogP contribution in [0.15, 0.2) is 60.7 Å². The molecular weight excluding hydrogens is 935 g/mol. The molecule has 6 heterocycles. The minimum Gasteiger partial charge on any atom is -0.445 e. The van der Waals surface area contributed by atoms with Gasteiger partial charge in [0.1, 0.15) is 42.5 Å². The SMILES string of the molecule is Cl.[C-]#[N+]C[C@H]1CN(c2nc(Cl)nc3c2CCN(C(=O)OC(C)(C)C)C3)CCN1C(=O)OCc1ccccc1.[C-]#[N+]C[C@H]1CN(c2nc(Cl)nc3c2CCNC3)CCN1C(=O)OCc1ccccc1. The number of carbonyl (C=O) groups excluding carboxylic acids is 3. The summed E-state index contributed by atoms with van der Waals surface area (Å²) in [6.45, 7) is 26.1. The Labute approximate surface area is 412 Å². The zero-order valence-corrected chi connectivity index (χ0v) is 40.6. The quantitative estimate of drug-likeness (QED) is 0.108. The zero-order valence-electron chi connectivity index (χ0n) is 38.3. The van der Waals surface area contributed by atoms with E-state index in [0.717, 1.165) is 46.7 Å². The van der Waals surface area contributed by atoms with Gasteiger partial charge in [-0.15, -0.1) is 12.4 Å². The molecular formula is C47H55Cl3N12O6. The first-order valence-electron chi connectivity index (χ1n) is 22.2. The van der Waals surface area contributed by atoms with Crippen molar-refractivity contribution < 1.29 is 28.6 Å². The van der Waals surface area contributed by atoms with Crippen molar-refractivity contribution in [2.75, 3.05) is 75.2 Å². The van der Waals surface area contributed by atoms with Crippen LogP contribution in [0.4, 0.5) is 26.0 Å². The number of amides is 3. The third kappa shape index (κ3) is 13.3. The van der Waals surface area contributed by atoms with Crippen LogP contribution in [0.25, 0.3) is 9.69 Å². The highest BCUT2D eigenvalue weighted by molar-refractivity contribution is 6.28. The Bertz CT molecular complexity index is 2470. The molecule has 68 heavy (non-hydrogen) atoms. The van der Waals surface area contributed by atoms with Gasteiger partial charge < -0.3 is 43.9 Å². The van der Waals surface area contributed by atoms with E-state index >= 15 is 0 Å². The van der Waals surface area contributed by atoms with Crippen LogP contribution in [0.1, 0.15) is 54.4 Å². The number of anilines is 2. The molecule has 2 atom stereocenters. The second-order valence-electron chi connectivity index (χ2n) is 17.4. The van der Waals surface area contributed by atoms with Crippen LogP contribution in [0.5, 0.6) is 0 Å². The van der Waals surface area contributed by atoms with Crippen molar-refractivity contribution in [2.45, 2.75) is 77.6 Å². The number of aromatic nitrogens is 4. The zero-order chi connectivity index (χ0) is 47.5. The van der Waals surface area contributed by atoms with E-state index in [2.05, 4.69) is 39.8 Å². The predicted molar refractivity (Wildman–Crippen MR) is 259 cm³/mol. The van der Waals surface area contributed by atoms with Crippen LogP contribution >= 0.6 is 35.6 Å². The third-order valence-electron chi connectivity index (χ3n) is 11.6. The normalized spacial score (nSPS) is 17.7. The monoisotopic (exact) mass is 988 g/mol. The van der Waals surface area contributed by atoms with E-state index in [-0.39, 0.29) is 74.0 Å². The number of benzene rings is 2. The molecule has 2 fully saturated rings. The maximum Gasteiger partial charge on any atom is 0.410 e. The molecule has 0 radical (unpaired) electrons. The molecule has 3 amide bonds. The molecule has 2 saturated heterocycles. The number of hydrogen-bond acceptors (Lipinski definition) is 13. The molecule has 18 nitrogen and oxygen atoms in total. The van der Waals surface area contributed by atoms with Gasteiger partial charge in [0.05, 0.1) is 17.9 Å². The highest BCUT2D eigenvalue weighted by Crippen LogP contribution is 2.31. The first-order chi connectivity index (χ1) is 32.3. The number of rotatable bonds is 8. The maximum absolute atomic E-state index is 12.9. The molecule has 0 aliphatic carbocycles. The Morgan fingerprint density at radius 1 is 0.691 bits per heavy atom. The number of piperazine rings is 2. The lowest BCUT2D eigenvalue weighted by Crippen LogP contribution is -2.57. The fraction of sp³-hybridized carbons (Fsp3) is 0.468. The molecule has 4 aromatic rings. The summed E-state index contributed by atoms with van der Waals surface area (Å²) in [5.74, 6) is 1.50. The Kier molecular flexibility index (Phi) is 17.9.